The van der Waals surface area contributed by atoms with Gasteiger partial charge in [0.05, 0.1) is 44.7 Å². The Balaban J connectivity index is 1.90. The van der Waals surface area contributed by atoms with Gasteiger partial charge in [0.1, 0.15) is 0 Å². The third-order valence-corrected chi connectivity index (χ3v) is 5.42. The van der Waals surface area contributed by atoms with E-state index in [1.165, 1.54) is 4.31 Å². The molecule has 1 atom stereocenters. The quantitative estimate of drug-likeness (QED) is 0.592. The largest absolute Gasteiger partial charge is 0.466 e. The molecule has 2 fully saturated rings. The molecule has 1 heterocycles. The van der Waals surface area contributed by atoms with Crippen LogP contribution in [0.25, 0.3) is 0 Å². The SMILES string of the molecule is CCOC(=O)CCN(C1CC1)S(=O)(=O)CC1COCCO1. The normalized spacial score (nSPS) is 23.2. The predicted molar refractivity (Wildman–Crippen MR) is 75.3 cm³/mol. The van der Waals surface area contributed by atoms with Crippen LogP contribution in [-0.2, 0) is 29.0 Å². The minimum atomic E-state index is -3.45. The average Bonchev–Trinajstić information content (AvgIpc) is 3.24. The Labute approximate surface area is 125 Å². The topological polar surface area (TPSA) is 82.1 Å². The van der Waals surface area contributed by atoms with Crippen molar-refractivity contribution in [2.45, 2.75) is 38.3 Å². The molecule has 0 aromatic rings. The molecule has 1 aliphatic heterocycles. The zero-order valence-electron chi connectivity index (χ0n) is 12.3. The van der Waals surface area contributed by atoms with E-state index in [0.29, 0.717) is 26.4 Å². The van der Waals surface area contributed by atoms with Gasteiger partial charge in [-0.05, 0) is 19.8 Å². The second-order valence-corrected chi connectivity index (χ2v) is 7.21. The lowest BCUT2D eigenvalue weighted by Gasteiger charge is -2.27. The molecule has 0 radical (unpaired) electrons. The van der Waals surface area contributed by atoms with E-state index >= 15 is 0 Å². The molecule has 0 bridgehead atoms. The Bertz CT molecular complexity index is 442. The van der Waals surface area contributed by atoms with Gasteiger partial charge in [-0.2, -0.15) is 4.31 Å². The highest BCUT2D eigenvalue weighted by Crippen LogP contribution is 2.30. The number of esters is 1. The predicted octanol–water partition coefficient (Wildman–Crippen LogP) is 0.149. The minimum absolute atomic E-state index is 0.0222. The summed E-state index contributed by atoms with van der Waals surface area (Å²) in [5, 5.41) is 0. The second kappa shape index (κ2) is 7.53. The lowest BCUT2D eigenvalue weighted by atomic mass is 10.4. The molecule has 0 N–H and O–H groups in total. The van der Waals surface area contributed by atoms with E-state index in [1.807, 2.05) is 0 Å². The van der Waals surface area contributed by atoms with Crippen LogP contribution >= 0.6 is 0 Å². The standard InChI is InChI=1S/C13H23NO6S/c1-2-19-13(15)5-6-14(11-3-4-11)21(16,17)10-12-9-18-7-8-20-12/h11-12H,2-10H2,1H3. The first kappa shape index (κ1) is 16.7. The van der Waals surface area contributed by atoms with E-state index in [2.05, 4.69) is 0 Å². The van der Waals surface area contributed by atoms with Gasteiger partial charge in [-0.15, -0.1) is 0 Å². The Morgan fingerprint density at radius 2 is 2.10 bits per heavy atom. The maximum Gasteiger partial charge on any atom is 0.307 e. The van der Waals surface area contributed by atoms with Crippen LogP contribution in [-0.4, -0.2) is 69.6 Å². The molecule has 21 heavy (non-hydrogen) atoms. The fraction of sp³-hybridized carbons (Fsp3) is 0.923. The van der Waals surface area contributed by atoms with Crippen molar-refractivity contribution >= 4 is 16.0 Å². The summed E-state index contributed by atoms with van der Waals surface area (Å²) in [7, 11) is -3.45. The van der Waals surface area contributed by atoms with Crippen molar-refractivity contribution in [1.29, 1.82) is 0 Å². The monoisotopic (exact) mass is 321 g/mol. The van der Waals surface area contributed by atoms with Gasteiger partial charge in [0.25, 0.3) is 0 Å². The Morgan fingerprint density at radius 1 is 1.33 bits per heavy atom. The first-order chi connectivity index (χ1) is 10.0. The van der Waals surface area contributed by atoms with Crippen LogP contribution in [0.5, 0.6) is 0 Å². The van der Waals surface area contributed by atoms with Gasteiger partial charge < -0.3 is 14.2 Å². The summed E-state index contributed by atoms with van der Waals surface area (Å²) < 4.78 is 41.9. The summed E-state index contributed by atoms with van der Waals surface area (Å²) in [5.41, 5.74) is 0. The minimum Gasteiger partial charge on any atom is -0.466 e. The molecule has 122 valence electrons. The van der Waals surface area contributed by atoms with Crippen LogP contribution in [0.4, 0.5) is 0 Å². The van der Waals surface area contributed by atoms with Crippen LogP contribution in [0.2, 0.25) is 0 Å². The molecular formula is C13H23NO6S. The Hall–Kier alpha value is -0.700. The van der Waals surface area contributed by atoms with Crippen LogP contribution in [0, 0.1) is 0 Å². The molecule has 1 saturated heterocycles. The summed E-state index contributed by atoms with van der Waals surface area (Å²) in [6.07, 6.45) is 1.37. The highest BCUT2D eigenvalue weighted by molar-refractivity contribution is 7.89. The van der Waals surface area contributed by atoms with E-state index in [4.69, 9.17) is 14.2 Å². The van der Waals surface area contributed by atoms with Gasteiger partial charge in [-0.3, -0.25) is 4.79 Å². The highest BCUT2D eigenvalue weighted by atomic mass is 32.2. The summed E-state index contributed by atoms with van der Waals surface area (Å²) in [6, 6.07) is 0.0222. The smallest absolute Gasteiger partial charge is 0.307 e. The molecule has 2 aliphatic rings. The molecule has 8 heteroatoms. The number of carbonyl (C=O) groups excluding carboxylic acids is 1. The van der Waals surface area contributed by atoms with Crippen molar-refractivity contribution in [3.8, 4) is 0 Å². The first-order valence-electron chi connectivity index (χ1n) is 7.37. The number of nitrogens with zero attached hydrogens (tertiary/aromatic N) is 1. The molecule has 1 aliphatic carbocycles. The van der Waals surface area contributed by atoms with Gasteiger partial charge in [-0.1, -0.05) is 0 Å². The maximum atomic E-state index is 12.5. The van der Waals surface area contributed by atoms with Crippen molar-refractivity contribution in [2.24, 2.45) is 0 Å². The number of sulfonamides is 1. The zero-order valence-corrected chi connectivity index (χ0v) is 13.1. The van der Waals surface area contributed by atoms with Gasteiger partial charge >= 0.3 is 5.97 Å². The molecule has 0 aromatic heterocycles. The lowest BCUT2D eigenvalue weighted by Crippen LogP contribution is -2.43. The van der Waals surface area contributed by atoms with Crippen molar-refractivity contribution in [1.82, 2.24) is 4.31 Å². The van der Waals surface area contributed by atoms with E-state index in [1.54, 1.807) is 6.92 Å². The van der Waals surface area contributed by atoms with Crippen molar-refractivity contribution < 1.29 is 27.4 Å². The van der Waals surface area contributed by atoms with Gasteiger partial charge in [0.15, 0.2) is 0 Å². The average molecular weight is 321 g/mol. The number of hydrogen-bond donors (Lipinski definition) is 0. The van der Waals surface area contributed by atoms with Gasteiger partial charge in [0, 0.05) is 12.6 Å². The fourth-order valence-electron chi connectivity index (χ4n) is 2.31. The molecule has 7 nitrogen and oxygen atoms in total. The third kappa shape index (κ3) is 5.21. The van der Waals surface area contributed by atoms with Crippen LogP contribution in [0.1, 0.15) is 26.2 Å². The number of carbonyl (C=O) groups is 1. The van der Waals surface area contributed by atoms with E-state index < -0.39 is 16.1 Å². The van der Waals surface area contributed by atoms with E-state index in [9.17, 15) is 13.2 Å². The number of ether oxygens (including phenoxy) is 3. The Morgan fingerprint density at radius 3 is 2.67 bits per heavy atom. The summed E-state index contributed by atoms with van der Waals surface area (Å²) in [6.45, 7) is 3.45. The number of hydrogen-bond acceptors (Lipinski definition) is 6. The summed E-state index contributed by atoms with van der Waals surface area (Å²) >= 11 is 0. The highest BCUT2D eigenvalue weighted by Gasteiger charge is 2.38. The van der Waals surface area contributed by atoms with Crippen molar-refractivity contribution in [2.75, 3.05) is 38.7 Å². The molecular weight excluding hydrogens is 298 g/mol. The maximum absolute atomic E-state index is 12.5. The van der Waals surface area contributed by atoms with Gasteiger partial charge in [0.2, 0.25) is 10.0 Å². The second-order valence-electron chi connectivity index (χ2n) is 5.24. The van der Waals surface area contributed by atoms with Crippen LogP contribution in [0.3, 0.4) is 0 Å². The Kier molecular flexibility index (Phi) is 5.98. The lowest BCUT2D eigenvalue weighted by molar-refractivity contribution is -0.143. The van der Waals surface area contributed by atoms with E-state index in [-0.39, 0.29) is 30.7 Å². The zero-order chi connectivity index (χ0) is 15.3. The van der Waals surface area contributed by atoms with Crippen LogP contribution in [0.15, 0.2) is 0 Å². The van der Waals surface area contributed by atoms with Crippen LogP contribution < -0.4 is 0 Å². The van der Waals surface area contributed by atoms with E-state index in [0.717, 1.165) is 12.8 Å². The summed E-state index contributed by atoms with van der Waals surface area (Å²) in [4.78, 5) is 11.4. The molecule has 0 aromatic carbocycles. The molecule has 0 spiro atoms. The molecule has 1 unspecified atom stereocenters. The number of rotatable bonds is 8. The molecule has 0 amide bonds. The van der Waals surface area contributed by atoms with Crippen molar-refractivity contribution in [3.63, 3.8) is 0 Å². The van der Waals surface area contributed by atoms with Gasteiger partial charge in [-0.25, -0.2) is 8.42 Å². The third-order valence-electron chi connectivity index (χ3n) is 3.43. The fourth-order valence-corrected chi connectivity index (χ4v) is 4.20. The van der Waals surface area contributed by atoms with Crippen molar-refractivity contribution in [3.05, 3.63) is 0 Å². The first-order valence-corrected chi connectivity index (χ1v) is 8.98. The molecule has 2 rings (SSSR count). The summed E-state index contributed by atoms with van der Waals surface area (Å²) in [5.74, 6) is -0.456. The molecule has 1 saturated carbocycles.